The molecule has 2 heterocycles. The Labute approximate surface area is 160 Å². The van der Waals surface area contributed by atoms with Gasteiger partial charge in [-0.1, -0.05) is 0 Å². The van der Waals surface area contributed by atoms with E-state index in [9.17, 15) is 0 Å². The molecule has 146 valence electrons. The molecule has 0 saturated carbocycles. The molecule has 0 radical (unpaired) electrons. The third-order valence-electron chi connectivity index (χ3n) is 4.50. The van der Waals surface area contributed by atoms with E-state index >= 15 is 0 Å². The van der Waals surface area contributed by atoms with Crippen molar-refractivity contribution in [3.8, 4) is 11.5 Å². The number of aryl methyl sites for hydroxylation is 1. The van der Waals surface area contributed by atoms with Crippen molar-refractivity contribution in [2.45, 2.75) is 52.9 Å². The zero-order valence-electron chi connectivity index (χ0n) is 16.5. The van der Waals surface area contributed by atoms with Crippen LogP contribution in [0.4, 0.5) is 0 Å². The Balaban J connectivity index is 1.65. The average Bonchev–Trinajstić information content (AvgIpc) is 3.26. The van der Waals surface area contributed by atoms with E-state index in [4.69, 9.17) is 9.47 Å². The number of ether oxygens (including phenoxy) is 2. The molecular weight excluding hydrogens is 344 g/mol. The number of nitrogens with zero attached hydrogens (tertiary/aromatic N) is 4. The molecular formula is C19H28N6O2. The van der Waals surface area contributed by atoms with Crippen molar-refractivity contribution in [3.05, 3.63) is 35.4 Å². The van der Waals surface area contributed by atoms with E-state index in [1.165, 1.54) is 5.56 Å². The van der Waals surface area contributed by atoms with Crippen LogP contribution in [0.1, 0.15) is 37.7 Å². The number of rotatable bonds is 7. The summed E-state index contributed by atoms with van der Waals surface area (Å²) >= 11 is 0. The number of aromatic nitrogens is 3. The van der Waals surface area contributed by atoms with Gasteiger partial charge < -0.3 is 24.7 Å². The van der Waals surface area contributed by atoms with E-state index in [1.54, 1.807) is 13.4 Å². The van der Waals surface area contributed by atoms with E-state index < -0.39 is 0 Å². The molecule has 0 aliphatic carbocycles. The molecule has 1 aliphatic heterocycles. The third kappa shape index (κ3) is 4.50. The lowest BCUT2D eigenvalue weighted by Crippen LogP contribution is -2.37. The fourth-order valence-electron chi connectivity index (χ4n) is 3.15. The molecule has 1 aliphatic rings. The van der Waals surface area contributed by atoms with Gasteiger partial charge in [0.25, 0.3) is 0 Å². The molecule has 1 atom stereocenters. The maximum absolute atomic E-state index is 5.89. The van der Waals surface area contributed by atoms with Gasteiger partial charge in [0, 0.05) is 37.7 Å². The number of fused-ring (bicyclic) bond motifs is 1. The highest BCUT2D eigenvalue weighted by molar-refractivity contribution is 5.79. The summed E-state index contributed by atoms with van der Waals surface area (Å²) in [6, 6.07) is 4.16. The molecule has 0 spiro atoms. The summed E-state index contributed by atoms with van der Waals surface area (Å²) in [7, 11) is 1.75. The second-order valence-corrected chi connectivity index (χ2v) is 6.45. The topological polar surface area (TPSA) is 85.6 Å². The van der Waals surface area contributed by atoms with Gasteiger partial charge in [0.2, 0.25) is 0 Å². The quantitative estimate of drug-likeness (QED) is 0.570. The zero-order valence-corrected chi connectivity index (χ0v) is 16.5. The maximum atomic E-state index is 5.89. The smallest absolute Gasteiger partial charge is 0.191 e. The van der Waals surface area contributed by atoms with Crippen LogP contribution in [-0.2, 0) is 26.1 Å². The summed E-state index contributed by atoms with van der Waals surface area (Å²) in [4.78, 5) is 4.28. The van der Waals surface area contributed by atoms with Gasteiger partial charge in [0.05, 0.1) is 13.2 Å². The monoisotopic (exact) mass is 372 g/mol. The summed E-state index contributed by atoms with van der Waals surface area (Å²) in [5.41, 5.74) is 2.25. The maximum Gasteiger partial charge on any atom is 0.191 e. The van der Waals surface area contributed by atoms with Crippen LogP contribution >= 0.6 is 0 Å². The predicted molar refractivity (Wildman–Crippen MR) is 104 cm³/mol. The summed E-state index contributed by atoms with van der Waals surface area (Å²) in [5.74, 6) is 3.40. The van der Waals surface area contributed by atoms with Crippen LogP contribution in [0, 0.1) is 0 Å². The molecule has 2 N–H and O–H groups in total. The molecule has 0 fully saturated rings. The molecule has 2 aromatic rings. The van der Waals surface area contributed by atoms with Crippen LogP contribution in [0.15, 0.2) is 23.5 Å². The SMILES string of the molecule is CCOc1cc2c(cc1CNC(=NC)NCc1nncn1CC)OC(C)C2. The Hall–Kier alpha value is -2.77. The number of nitrogens with one attached hydrogen (secondary N) is 2. The Kier molecular flexibility index (Phi) is 6.16. The molecule has 0 amide bonds. The Morgan fingerprint density at radius 1 is 1.33 bits per heavy atom. The lowest BCUT2D eigenvalue weighted by atomic mass is 10.1. The number of hydrogen-bond acceptors (Lipinski definition) is 5. The van der Waals surface area contributed by atoms with Crippen LogP contribution in [-0.4, -0.2) is 40.5 Å². The van der Waals surface area contributed by atoms with Gasteiger partial charge in [0.15, 0.2) is 11.8 Å². The fourth-order valence-corrected chi connectivity index (χ4v) is 3.15. The van der Waals surface area contributed by atoms with Crippen LogP contribution in [0.3, 0.4) is 0 Å². The van der Waals surface area contributed by atoms with Gasteiger partial charge in [-0.25, -0.2) is 0 Å². The van der Waals surface area contributed by atoms with Crippen molar-refractivity contribution in [2.24, 2.45) is 4.99 Å². The minimum Gasteiger partial charge on any atom is -0.494 e. The van der Waals surface area contributed by atoms with Gasteiger partial charge in [-0.2, -0.15) is 0 Å². The Morgan fingerprint density at radius 3 is 2.89 bits per heavy atom. The van der Waals surface area contributed by atoms with E-state index in [1.807, 2.05) is 11.5 Å². The molecule has 27 heavy (non-hydrogen) atoms. The van der Waals surface area contributed by atoms with Crippen LogP contribution in [0.5, 0.6) is 11.5 Å². The van der Waals surface area contributed by atoms with E-state index in [0.29, 0.717) is 25.7 Å². The van der Waals surface area contributed by atoms with Crippen molar-refractivity contribution < 1.29 is 9.47 Å². The van der Waals surface area contributed by atoms with Crippen LogP contribution in [0.2, 0.25) is 0 Å². The Bertz CT molecular complexity index is 801. The lowest BCUT2D eigenvalue weighted by Gasteiger charge is -2.15. The van der Waals surface area contributed by atoms with Crippen molar-refractivity contribution in [3.63, 3.8) is 0 Å². The minimum absolute atomic E-state index is 0.211. The number of hydrogen-bond donors (Lipinski definition) is 2. The second kappa shape index (κ2) is 8.75. The first-order valence-electron chi connectivity index (χ1n) is 9.41. The molecule has 0 bridgehead atoms. The first-order valence-corrected chi connectivity index (χ1v) is 9.41. The van der Waals surface area contributed by atoms with Crippen molar-refractivity contribution in [1.29, 1.82) is 0 Å². The number of benzene rings is 1. The highest BCUT2D eigenvalue weighted by Crippen LogP contribution is 2.35. The average molecular weight is 372 g/mol. The van der Waals surface area contributed by atoms with Gasteiger partial charge in [0.1, 0.15) is 23.9 Å². The summed E-state index contributed by atoms with van der Waals surface area (Å²) < 4.78 is 13.7. The standard InChI is InChI=1S/C19H28N6O2/c1-5-25-12-23-24-18(25)11-22-19(20-4)21-10-15-9-17-14(7-13(3)27-17)8-16(15)26-6-2/h8-9,12-13H,5-7,10-11H2,1-4H3,(H2,20,21,22). The van der Waals surface area contributed by atoms with E-state index in [0.717, 1.165) is 35.9 Å². The van der Waals surface area contributed by atoms with Crippen LogP contribution < -0.4 is 20.1 Å². The first-order chi connectivity index (χ1) is 13.1. The van der Waals surface area contributed by atoms with Crippen LogP contribution in [0.25, 0.3) is 0 Å². The van der Waals surface area contributed by atoms with Gasteiger partial charge in [-0.15, -0.1) is 10.2 Å². The summed E-state index contributed by atoms with van der Waals surface area (Å²) in [6.45, 7) is 8.74. The second-order valence-electron chi connectivity index (χ2n) is 6.45. The highest BCUT2D eigenvalue weighted by atomic mass is 16.5. The first kappa shape index (κ1) is 19.0. The summed E-state index contributed by atoms with van der Waals surface area (Å²) in [5, 5.41) is 14.7. The predicted octanol–water partition coefficient (Wildman–Crippen LogP) is 1.89. The third-order valence-corrected chi connectivity index (χ3v) is 4.50. The Morgan fingerprint density at radius 2 is 2.15 bits per heavy atom. The van der Waals surface area contributed by atoms with Gasteiger partial charge in [-0.3, -0.25) is 4.99 Å². The van der Waals surface area contributed by atoms with Gasteiger partial charge in [-0.05, 0) is 32.9 Å². The van der Waals surface area contributed by atoms with Crippen molar-refractivity contribution in [2.75, 3.05) is 13.7 Å². The normalized spacial score (nSPS) is 16.0. The largest absolute Gasteiger partial charge is 0.494 e. The zero-order chi connectivity index (χ0) is 19.2. The van der Waals surface area contributed by atoms with Crippen molar-refractivity contribution >= 4 is 5.96 Å². The van der Waals surface area contributed by atoms with Gasteiger partial charge >= 0.3 is 0 Å². The molecule has 8 heteroatoms. The van der Waals surface area contributed by atoms with E-state index in [-0.39, 0.29) is 6.10 Å². The minimum atomic E-state index is 0.211. The number of aliphatic imine (C=N–C) groups is 1. The molecule has 3 rings (SSSR count). The highest BCUT2D eigenvalue weighted by Gasteiger charge is 2.22. The lowest BCUT2D eigenvalue weighted by molar-refractivity contribution is 0.254. The molecule has 8 nitrogen and oxygen atoms in total. The van der Waals surface area contributed by atoms with E-state index in [2.05, 4.69) is 51.8 Å². The number of guanidine groups is 1. The molecule has 1 aromatic heterocycles. The van der Waals surface area contributed by atoms with Crippen molar-refractivity contribution in [1.82, 2.24) is 25.4 Å². The molecule has 1 aromatic carbocycles. The summed E-state index contributed by atoms with van der Waals surface area (Å²) in [6.07, 6.45) is 2.86. The fraction of sp³-hybridized carbons (Fsp3) is 0.526. The molecule has 0 saturated heterocycles. The molecule has 1 unspecified atom stereocenters.